The maximum Gasteiger partial charge on any atom is 0.257 e. The van der Waals surface area contributed by atoms with Gasteiger partial charge in [0, 0.05) is 12.1 Å². The van der Waals surface area contributed by atoms with Crippen molar-refractivity contribution in [2.24, 2.45) is 5.10 Å². The highest BCUT2D eigenvalue weighted by atomic mass is 16.3. The average molecular weight is 465 g/mol. The van der Waals surface area contributed by atoms with Crippen LogP contribution in [-0.4, -0.2) is 38.4 Å². The number of rotatable bonds is 7. The van der Waals surface area contributed by atoms with Gasteiger partial charge in [-0.2, -0.15) is 9.78 Å². The summed E-state index contributed by atoms with van der Waals surface area (Å²) in [4.78, 5) is 22.6. The van der Waals surface area contributed by atoms with Gasteiger partial charge in [0.2, 0.25) is 0 Å². The summed E-state index contributed by atoms with van der Waals surface area (Å²) in [5.74, 6) is -0.122. The fourth-order valence-electron chi connectivity index (χ4n) is 3.93. The third-order valence-corrected chi connectivity index (χ3v) is 5.72. The van der Waals surface area contributed by atoms with E-state index in [0.717, 1.165) is 12.8 Å². The first-order chi connectivity index (χ1) is 17.1. The van der Waals surface area contributed by atoms with E-state index in [0.29, 0.717) is 34.3 Å². The number of nitrogens with one attached hydrogen (secondary N) is 1. The fourth-order valence-corrected chi connectivity index (χ4v) is 3.93. The lowest BCUT2D eigenvalue weighted by molar-refractivity contribution is 0.0955. The number of nitrogen functional groups attached to an aromatic ring is 1. The monoisotopic (exact) mass is 464 g/mol. The minimum Gasteiger partial charge on any atom is -0.507 e. The second-order valence-electron chi connectivity index (χ2n) is 8.11. The Labute approximate surface area is 201 Å². The zero-order valence-corrected chi connectivity index (χ0v) is 18.9. The van der Waals surface area contributed by atoms with E-state index >= 15 is 0 Å². The van der Waals surface area contributed by atoms with Gasteiger partial charge in [-0.05, 0) is 42.7 Å². The van der Waals surface area contributed by atoms with Gasteiger partial charge in [0.15, 0.2) is 5.65 Å². The highest BCUT2D eigenvalue weighted by Crippen LogP contribution is 2.28. The number of benzene rings is 3. The molecule has 5 aromatic rings. The van der Waals surface area contributed by atoms with Crippen molar-refractivity contribution in [3.05, 3.63) is 95.6 Å². The molecule has 0 spiro atoms. The van der Waals surface area contributed by atoms with Crippen molar-refractivity contribution < 1.29 is 9.90 Å². The molecule has 0 atom stereocenters. The zero-order chi connectivity index (χ0) is 24.2. The maximum atomic E-state index is 13.2. The largest absolute Gasteiger partial charge is 0.507 e. The maximum absolute atomic E-state index is 13.2. The van der Waals surface area contributed by atoms with E-state index in [9.17, 15) is 9.90 Å². The summed E-state index contributed by atoms with van der Waals surface area (Å²) >= 11 is 0. The van der Waals surface area contributed by atoms with Gasteiger partial charge in [0.25, 0.3) is 5.91 Å². The van der Waals surface area contributed by atoms with Crippen LogP contribution in [0.4, 0.5) is 5.82 Å². The first-order valence-corrected chi connectivity index (χ1v) is 11.3. The zero-order valence-electron chi connectivity index (χ0n) is 18.9. The molecule has 0 fully saturated rings. The first-order valence-electron chi connectivity index (χ1n) is 11.3. The van der Waals surface area contributed by atoms with Gasteiger partial charge in [0.05, 0.1) is 17.2 Å². The third kappa shape index (κ3) is 4.54. The van der Waals surface area contributed by atoms with E-state index in [1.165, 1.54) is 16.5 Å². The number of phenolic OH excluding ortho intramolecular Hbond substituents is 1. The summed E-state index contributed by atoms with van der Waals surface area (Å²) in [6, 6.07) is 24.3. The molecule has 0 aliphatic heterocycles. The van der Waals surface area contributed by atoms with Crippen molar-refractivity contribution in [2.75, 3.05) is 12.3 Å². The van der Waals surface area contributed by atoms with E-state index in [-0.39, 0.29) is 23.0 Å². The summed E-state index contributed by atoms with van der Waals surface area (Å²) in [6.45, 7) is 0.488. The topological polar surface area (TPSA) is 118 Å². The van der Waals surface area contributed by atoms with Gasteiger partial charge in [-0.15, -0.1) is 0 Å². The Hall–Kier alpha value is -4.72. The number of phenols is 1. The molecule has 3 aromatic carbocycles. The number of carbonyl (C=O) groups is 1. The van der Waals surface area contributed by atoms with Crippen LogP contribution in [0, 0.1) is 0 Å². The summed E-state index contributed by atoms with van der Waals surface area (Å²) in [6.07, 6.45) is 3.12. The number of fused-ring (bicyclic) bond motifs is 2. The van der Waals surface area contributed by atoms with E-state index in [4.69, 9.17) is 5.73 Å². The fraction of sp³-hybridized carbons (Fsp3) is 0.111. The third-order valence-electron chi connectivity index (χ3n) is 5.72. The van der Waals surface area contributed by atoms with Crippen molar-refractivity contribution in [3.8, 4) is 5.75 Å². The average Bonchev–Trinajstić information content (AvgIpc) is 3.15. The Morgan fingerprint density at radius 1 is 0.971 bits per heavy atom. The van der Waals surface area contributed by atoms with Gasteiger partial charge in [-0.1, -0.05) is 54.6 Å². The normalized spacial score (nSPS) is 11.4. The smallest absolute Gasteiger partial charge is 0.257 e. The SMILES string of the molecule is Nc1c(C(=O)NCCCc2ccccc2)c2nc3ccccc3nc2n1/N=C\c1ccccc1O. The molecule has 0 aliphatic carbocycles. The highest BCUT2D eigenvalue weighted by molar-refractivity contribution is 6.10. The van der Waals surface area contributed by atoms with Gasteiger partial charge >= 0.3 is 0 Å². The summed E-state index contributed by atoms with van der Waals surface area (Å²) < 4.78 is 1.39. The standard InChI is InChI=1S/C27H24N6O2/c28-25-23(27(35)29-16-8-11-18-9-2-1-3-10-18)24-26(32-21-14-6-5-13-20(21)31-24)33(25)30-17-19-12-4-7-15-22(19)34/h1-7,9-10,12-15,17,34H,8,11,16,28H2,(H,29,35)/b30-17-. The van der Waals surface area contributed by atoms with Crippen LogP contribution in [0.25, 0.3) is 22.2 Å². The number of para-hydroxylation sites is 3. The minimum atomic E-state index is -0.332. The van der Waals surface area contributed by atoms with Crippen LogP contribution in [0.15, 0.2) is 84.0 Å². The van der Waals surface area contributed by atoms with Gasteiger partial charge < -0.3 is 16.2 Å². The molecule has 0 unspecified atom stereocenters. The second-order valence-corrected chi connectivity index (χ2v) is 8.11. The number of nitrogens with two attached hydrogens (primary N) is 1. The van der Waals surface area contributed by atoms with Crippen LogP contribution in [0.2, 0.25) is 0 Å². The van der Waals surface area contributed by atoms with Gasteiger partial charge in [-0.3, -0.25) is 4.79 Å². The number of hydrogen-bond acceptors (Lipinski definition) is 6. The van der Waals surface area contributed by atoms with Crippen molar-refractivity contribution in [1.29, 1.82) is 0 Å². The molecule has 0 aliphatic rings. The Morgan fingerprint density at radius 3 is 2.43 bits per heavy atom. The molecule has 0 bridgehead atoms. The van der Waals surface area contributed by atoms with Crippen LogP contribution in [-0.2, 0) is 6.42 Å². The van der Waals surface area contributed by atoms with E-state index in [1.54, 1.807) is 24.3 Å². The molecular weight excluding hydrogens is 440 g/mol. The van der Waals surface area contributed by atoms with Crippen LogP contribution >= 0.6 is 0 Å². The molecule has 1 amide bonds. The molecule has 2 heterocycles. The Morgan fingerprint density at radius 2 is 1.66 bits per heavy atom. The van der Waals surface area contributed by atoms with Crippen molar-refractivity contribution in [3.63, 3.8) is 0 Å². The van der Waals surface area contributed by atoms with Crippen LogP contribution in [0.3, 0.4) is 0 Å². The van der Waals surface area contributed by atoms with Crippen molar-refractivity contribution >= 4 is 40.1 Å². The molecule has 8 heteroatoms. The summed E-state index contributed by atoms with van der Waals surface area (Å²) in [5, 5.41) is 17.5. The van der Waals surface area contributed by atoms with Crippen LogP contribution in [0.1, 0.15) is 27.9 Å². The molecule has 2 aromatic heterocycles. The van der Waals surface area contributed by atoms with Gasteiger partial charge in [-0.25, -0.2) is 9.97 Å². The lowest BCUT2D eigenvalue weighted by Crippen LogP contribution is -2.25. The minimum absolute atomic E-state index is 0.0826. The molecule has 0 saturated carbocycles. The lowest BCUT2D eigenvalue weighted by atomic mass is 10.1. The first kappa shape index (κ1) is 22.1. The van der Waals surface area contributed by atoms with E-state index in [2.05, 4.69) is 32.5 Å². The van der Waals surface area contributed by atoms with Gasteiger partial charge in [0.1, 0.15) is 22.6 Å². The molecule has 8 nitrogen and oxygen atoms in total. The Bertz CT molecular complexity index is 1540. The number of aryl methyl sites for hydroxylation is 1. The molecule has 5 rings (SSSR count). The second kappa shape index (κ2) is 9.64. The quantitative estimate of drug-likeness (QED) is 0.247. The van der Waals surface area contributed by atoms with E-state index < -0.39 is 0 Å². The molecule has 4 N–H and O–H groups in total. The summed E-state index contributed by atoms with van der Waals surface area (Å²) in [5.41, 5.74) is 10.4. The number of hydrogen-bond donors (Lipinski definition) is 3. The Balaban J connectivity index is 1.48. The van der Waals surface area contributed by atoms with Crippen LogP contribution in [0.5, 0.6) is 5.75 Å². The number of aromatic hydroxyl groups is 1. The Kier molecular flexibility index (Phi) is 6.09. The van der Waals surface area contributed by atoms with Crippen LogP contribution < -0.4 is 11.1 Å². The molecule has 174 valence electrons. The number of carbonyl (C=O) groups excluding carboxylic acids is 1. The highest BCUT2D eigenvalue weighted by Gasteiger charge is 2.24. The predicted molar refractivity (Wildman–Crippen MR) is 138 cm³/mol. The number of nitrogens with zero attached hydrogens (tertiary/aromatic N) is 4. The number of anilines is 1. The lowest BCUT2D eigenvalue weighted by Gasteiger charge is -2.06. The molecular formula is C27H24N6O2. The number of aromatic nitrogens is 3. The van der Waals surface area contributed by atoms with E-state index in [1.807, 2.05) is 42.5 Å². The number of amides is 1. The molecule has 0 saturated heterocycles. The van der Waals surface area contributed by atoms with Crippen molar-refractivity contribution in [1.82, 2.24) is 20.0 Å². The molecule has 0 radical (unpaired) electrons. The summed E-state index contributed by atoms with van der Waals surface area (Å²) in [7, 11) is 0. The molecule has 35 heavy (non-hydrogen) atoms. The predicted octanol–water partition coefficient (Wildman–Crippen LogP) is 4.12. The van der Waals surface area contributed by atoms with Crippen molar-refractivity contribution in [2.45, 2.75) is 12.8 Å².